The first-order valence-corrected chi connectivity index (χ1v) is 5.40. The van der Waals surface area contributed by atoms with Crippen molar-refractivity contribution in [2.45, 2.75) is 39.3 Å². The van der Waals surface area contributed by atoms with Crippen LogP contribution in [0.3, 0.4) is 0 Å². The van der Waals surface area contributed by atoms with Gasteiger partial charge in [0.25, 0.3) is 0 Å². The predicted molar refractivity (Wildman–Crippen MR) is 60.5 cm³/mol. The molecule has 1 aromatic heterocycles. The number of hydrogen-bond acceptors (Lipinski definition) is 4. The number of aromatic nitrogens is 3. The molecule has 0 fully saturated rings. The fourth-order valence-corrected chi connectivity index (χ4v) is 1.28. The number of aryl methyl sites for hydroxylation is 1. The van der Waals surface area contributed by atoms with Gasteiger partial charge in [0.05, 0.1) is 6.54 Å². The summed E-state index contributed by atoms with van der Waals surface area (Å²) < 4.78 is 0. The Balaban J connectivity index is 2.45. The Morgan fingerprint density at radius 1 is 1.62 bits per heavy atom. The van der Waals surface area contributed by atoms with Crippen LogP contribution in [0.4, 0.5) is 0 Å². The quantitative estimate of drug-likeness (QED) is 0.749. The maximum Gasteiger partial charge on any atom is 0.224 e. The van der Waals surface area contributed by atoms with Crippen molar-refractivity contribution in [2.24, 2.45) is 5.73 Å². The fraction of sp³-hybridized carbons (Fsp3) is 0.700. The number of hydrogen-bond donors (Lipinski definition) is 2. The van der Waals surface area contributed by atoms with E-state index in [2.05, 4.69) is 15.2 Å². The summed E-state index contributed by atoms with van der Waals surface area (Å²) in [7, 11) is 1.73. The molecule has 90 valence electrons. The number of aromatic amines is 1. The van der Waals surface area contributed by atoms with Crippen molar-refractivity contribution in [2.75, 3.05) is 7.05 Å². The lowest BCUT2D eigenvalue weighted by molar-refractivity contribution is -0.130. The van der Waals surface area contributed by atoms with Gasteiger partial charge in [0.15, 0.2) is 5.82 Å². The molecule has 3 N–H and O–H groups in total. The molecule has 0 aliphatic heterocycles. The summed E-state index contributed by atoms with van der Waals surface area (Å²) >= 11 is 0. The maximum absolute atomic E-state index is 11.7. The third-order valence-corrected chi connectivity index (χ3v) is 2.41. The zero-order valence-electron chi connectivity index (χ0n) is 10.0. The van der Waals surface area contributed by atoms with Crippen LogP contribution in [0.25, 0.3) is 0 Å². The van der Waals surface area contributed by atoms with E-state index >= 15 is 0 Å². The number of rotatable bonds is 5. The molecule has 0 radical (unpaired) electrons. The van der Waals surface area contributed by atoms with Gasteiger partial charge in [-0.1, -0.05) is 6.92 Å². The van der Waals surface area contributed by atoms with E-state index in [1.54, 1.807) is 11.9 Å². The maximum atomic E-state index is 11.7. The first-order chi connectivity index (χ1) is 7.52. The lowest BCUT2D eigenvalue weighted by Crippen LogP contribution is -2.32. The summed E-state index contributed by atoms with van der Waals surface area (Å²) in [5.74, 6) is 1.40. The Labute approximate surface area is 95.2 Å². The Kier molecular flexibility index (Phi) is 4.42. The van der Waals surface area contributed by atoms with Crippen LogP contribution in [0.15, 0.2) is 0 Å². The number of nitrogens with zero attached hydrogens (tertiary/aromatic N) is 3. The van der Waals surface area contributed by atoms with Gasteiger partial charge in [-0.25, -0.2) is 4.98 Å². The van der Waals surface area contributed by atoms with Crippen LogP contribution >= 0.6 is 0 Å². The largest absolute Gasteiger partial charge is 0.338 e. The van der Waals surface area contributed by atoms with Gasteiger partial charge in [-0.05, 0) is 13.3 Å². The van der Waals surface area contributed by atoms with E-state index in [0.29, 0.717) is 18.8 Å². The first kappa shape index (κ1) is 12.6. The van der Waals surface area contributed by atoms with E-state index < -0.39 is 0 Å². The van der Waals surface area contributed by atoms with Crippen LogP contribution in [-0.4, -0.2) is 39.1 Å². The third-order valence-electron chi connectivity index (χ3n) is 2.41. The van der Waals surface area contributed by atoms with Crippen molar-refractivity contribution in [3.8, 4) is 0 Å². The molecular formula is C10H19N5O. The zero-order chi connectivity index (χ0) is 12.1. The third kappa shape index (κ3) is 3.62. The second kappa shape index (κ2) is 5.60. The smallest absolute Gasteiger partial charge is 0.224 e. The van der Waals surface area contributed by atoms with Gasteiger partial charge in [-0.2, -0.15) is 5.10 Å². The Hall–Kier alpha value is -1.43. The van der Waals surface area contributed by atoms with Crippen LogP contribution in [0.2, 0.25) is 0 Å². The Morgan fingerprint density at radius 3 is 2.81 bits per heavy atom. The fourth-order valence-electron chi connectivity index (χ4n) is 1.28. The average Bonchev–Trinajstić information content (AvgIpc) is 2.63. The summed E-state index contributed by atoms with van der Waals surface area (Å²) in [4.78, 5) is 17.4. The molecule has 0 bridgehead atoms. The number of nitrogens with two attached hydrogens (primary N) is 1. The second-order valence-electron chi connectivity index (χ2n) is 3.96. The summed E-state index contributed by atoms with van der Waals surface area (Å²) in [6.07, 6.45) is 1.18. The normalized spacial score (nSPS) is 12.5. The lowest BCUT2D eigenvalue weighted by Gasteiger charge is -2.17. The lowest BCUT2D eigenvalue weighted by atomic mass is 10.1. The number of H-pyrrole nitrogens is 1. The highest BCUT2D eigenvalue weighted by atomic mass is 16.2. The summed E-state index contributed by atoms with van der Waals surface area (Å²) in [5.41, 5.74) is 5.72. The van der Waals surface area contributed by atoms with Crippen molar-refractivity contribution < 1.29 is 4.79 Å². The number of amides is 1. The van der Waals surface area contributed by atoms with Crippen molar-refractivity contribution in [1.82, 2.24) is 20.1 Å². The van der Waals surface area contributed by atoms with Crippen molar-refractivity contribution in [3.63, 3.8) is 0 Å². The Bertz CT molecular complexity index is 349. The van der Waals surface area contributed by atoms with Crippen molar-refractivity contribution in [3.05, 3.63) is 11.6 Å². The molecule has 1 aromatic rings. The molecule has 16 heavy (non-hydrogen) atoms. The van der Waals surface area contributed by atoms with Crippen LogP contribution < -0.4 is 5.73 Å². The SMILES string of the molecule is CCC(N)CC(=O)N(C)Cc1n[nH]c(C)n1. The second-order valence-corrected chi connectivity index (χ2v) is 3.96. The molecule has 0 aliphatic rings. The van der Waals surface area contributed by atoms with Crippen LogP contribution in [-0.2, 0) is 11.3 Å². The monoisotopic (exact) mass is 225 g/mol. The van der Waals surface area contributed by atoms with E-state index in [1.807, 2.05) is 13.8 Å². The molecule has 6 heteroatoms. The standard InChI is InChI=1S/C10H19N5O/c1-4-8(11)5-10(16)15(3)6-9-12-7(2)13-14-9/h8H,4-6,11H2,1-3H3,(H,12,13,14). The highest BCUT2D eigenvalue weighted by molar-refractivity contribution is 5.76. The van der Waals surface area contributed by atoms with Gasteiger partial charge in [-0.3, -0.25) is 9.89 Å². The summed E-state index contributed by atoms with van der Waals surface area (Å²) in [6.45, 7) is 4.21. The van der Waals surface area contributed by atoms with E-state index in [4.69, 9.17) is 5.73 Å². The molecule has 1 amide bonds. The van der Waals surface area contributed by atoms with Gasteiger partial charge in [0.2, 0.25) is 5.91 Å². The molecule has 6 nitrogen and oxygen atoms in total. The highest BCUT2D eigenvalue weighted by Gasteiger charge is 2.14. The molecule has 0 aliphatic carbocycles. The minimum Gasteiger partial charge on any atom is -0.338 e. The molecule has 1 heterocycles. The van der Waals surface area contributed by atoms with Crippen LogP contribution in [0.1, 0.15) is 31.4 Å². The average molecular weight is 225 g/mol. The van der Waals surface area contributed by atoms with Crippen molar-refractivity contribution >= 4 is 5.91 Å². The van der Waals surface area contributed by atoms with Gasteiger partial charge >= 0.3 is 0 Å². The minimum atomic E-state index is -0.0659. The van der Waals surface area contributed by atoms with E-state index in [0.717, 1.165) is 12.2 Å². The predicted octanol–water partition coefficient (Wildman–Crippen LogP) is 0.199. The van der Waals surface area contributed by atoms with Crippen molar-refractivity contribution in [1.29, 1.82) is 0 Å². The molecule has 0 spiro atoms. The number of carbonyl (C=O) groups excluding carboxylic acids is 1. The molecular weight excluding hydrogens is 206 g/mol. The van der Waals surface area contributed by atoms with Gasteiger partial charge in [0, 0.05) is 19.5 Å². The Morgan fingerprint density at radius 2 is 2.31 bits per heavy atom. The van der Waals surface area contributed by atoms with Gasteiger partial charge in [-0.15, -0.1) is 0 Å². The summed E-state index contributed by atoms with van der Waals surface area (Å²) in [5, 5.41) is 6.72. The van der Waals surface area contributed by atoms with E-state index in [1.165, 1.54) is 0 Å². The van der Waals surface area contributed by atoms with Crippen LogP contribution in [0.5, 0.6) is 0 Å². The van der Waals surface area contributed by atoms with Gasteiger partial charge in [0.1, 0.15) is 5.82 Å². The van der Waals surface area contributed by atoms with Crippen LogP contribution in [0, 0.1) is 6.92 Å². The van der Waals surface area contributed by atoms with E-state index in [9.17, 15) is 4.79 Å². The molecule has 1 rings (SSSR count). The summed E-state index contributed by atoms with van der Waals surface area (Å²) in [6, 6.07) is -0.0659. The zero-order valence-corrected chi connectivity index (χ0v) is 10.0. The first-order valence-electron chi connectivity index (χ1n) is 5.40. The highest BCUT2D eigenvalue weighted by Crippen LogP contribution is 2.02. The number of nitrogens with one attached hydrogen (secondary N) is 1. The molecule has 0 saturated heterocycles. The molecule has 1 unspecified atom stereocenters. The number of carbonyl (C=O) groups is 1. The molecule has 0 saturated carbocycles. The molecule has 0 aromatic carbocycles. The molecule has 1 atom stereocenters. The van der Waals surface area contributed by atoms with E-state index in [-0.39, 0.29) is 11.9 Å². The van der Waals surface area contributed by atoms with Gasteiger partial charge < -0.3 is 10.6 Å². The minimum absolute atomic E-state index is 0.0248. The topological polar surface area (TPSA) is 87.9 Å².